The Kier molecular flexibility index (Phi) is 3.12. The SMILES string of the molecule is C=Cc1cc2c(cc1-c1ccc(C(F)(F)F)cc1)OCO2. The fourth-order valence-corrected chi connectivity index (χ4v) is 2.22. The molecule has 0 saturated carbocycles. The molecule has 2 aromatic carbocycles. The first-order valence-electron chi connectivity index (χ1n) is 6.23. The van der Waals surface area contributed by atoms with E-state index in [1.54, 1.807) is 18.2 Å². The zero-order valence-corrected chi connectivity index (χ0v) is 10.9. The Morgan fingerprint density at radius 2 is 1.62 bits per heavy atom. The summed E-state index contributed by atoms with van der Waals surface area (Å²) in [6.07, 6.45) is -2.70. The summed E-state index contributed by atoms with van der Waals surface area (Å²) in [5.41, 5.74) is 1.52. The van der Waals surface area contributed by atoms with E-state index in [4.69, 9.17) is 9.47 Å². The third kappa shape index (κ3) is 2.46. The number of ether oxygens (including phenoxy) is 2. The third-order valence-corrected chi connectivity index (χ3v) is 3.29. The van der Waals surface area contributed by atoms with E-state index in [9.17, 15) is 13.2 Å². The van der Waals surface area contributed by atoms with E-state index in [1.165, 1.54) is 12.1 Å². The molecule has 1 heterocycles. The van der Waals surface area contributed by atoms with Crippen LogP contribution in [-0.4, -0.2) is 6.79 Å². The summed E-state index contributed by atoms with van der Waals surface area (Å²) < 4.78 is 48.4. The maximum absolute atomic E-state index is 12.6. The molecule has 0 unspecified atom stereocenters. The molecular weight excluding hydrogens is 281 g/mol. The number of hydrogen-bond acceptors (Lipinski definition) is 2. The lowest BCUT2D eigenvalue weighted by molar-refractivity contribution is -0.137. The number of benzene rings is 2. The van der Waals surface area contributed by atoms with Gasteiger partial charge in [-0.2, -0.15) is 13.2 Å². The van der Waals surface area contributed by atoms with Gasteiger partial charge in [-0.25, -0.2) is 0 Å². The van der Waals surface area contributed by atoms with Crippen molar-refractivity contribution in [3.05, 3.63) is 54.1 Å². The molecule has 0 fully saturated rings. The van der Waals surface area contributed by atoms with Gasteiger partial charge >= 0.3 is 6.18 Å². The van der Waals surface area contributed by atoms with Crippen molar-refractivity contribution in [2.45, 2.75) is 6.18 Å². The summed E-state index contributed by atoms with van der Waals surface area (Å²) in [4.78, 5) is 0. The minimum Gasteiger partial charge on any atom is -0.454 e. The molecule has 0 radical (unpaired) electrons. The molecule has 1 aliphatic heterocycles. The normalized spacial score (nSPS) is 13.3. The molecule has 0 aliphatic carbocycles. The molecule has 108 valence electrons. The van der Waals surface area contributed by atoms with Gasteiger partial charge in [-0.15, -0.1) is 0 Å². The van der Waals surface area contributed by atoms with Crippen LogP contribution in [0.2, 0.25) is 0 Å². The molecule has 3 rings (SSSR count). The fourth-order valence-electron chi connectivity index (χ4n) is 2.22. The molecule has 0 bridgehead atoms. The summed E-state index contributed by atoms with van der Waals surface area (Å²) in [6, 6.07) is 8.52. The highest BCUT2D eigenvalue weighted by Gasteiger charge is 2.30. The van der Waals surface area contributed by atoms with Crippen molar-refractivity contribution >= 4 is 6.08 Å². The Hall–Kier alpha value is -2.43. The number of rotatable bonds is 2. The van der Waals surface area contributed by atoms with Gasteiger partial charge in [-0.05, 0) is 41.0 Å². The van der Waals surface area contributed by atoms with Gasteiger partial charge in [0.25, 0.3) is 0 Å². The van der Waals surface area contributed by atoms with E-state index in [0.717, 1.165) is 23.3 Å². The lowest BCUT2D eigenvalue weighted by Gasteiger charge is -2.10. The van der Waals surface area contributed by atoms with Crippen LogP contribution >= 0.6 is 0 Å². The molecule has 0 spiro atoms. The van der Waals surface area contributed by atoms with Crippen LogP contribution in [0.25, 0.3) is 17.2 Å². The first-order valence-corrected chi connectivity index (χ1v) is 6.23. The monoisotopic (exact) mass is 292 g/mol. The second-order valence-corrected chi connectivity index (χ2v) is 4.57. The first kappa shape index (κ1) is 13.5. The summed E-state index contributed by atoms with van der Waals surface area (Å²) in [7, 11) is 0. The van der Waals surface area contributed by atoms with Gasteiger partial charge in [0.15, 0.2) is 11.5 Å². The molecule has 0 saturated heterocycles. The Labute approximate surface area is 119 Å². The summed E-state index contributed by atoms with van der Waals surface area (Å²) >= 11 is 0. The average molecular weight is 292 g/mol. The van der Waals surface area contributed by atoms with Crippen LogP contribution < -0.4 is 9.47 Å². The highest BCUT2D eigenvalue weighted by Crippen LogP contribution is 2.40. The predicted molar refractivity (Wildman–Crippen MR) is 73.1 cm³/mol. The Morgan fingerprint density at radius 1 is 1.00 bits per heavy atom. The van der Waals surface area contributed by atoms with Crippen molar-refractivity contribution in [1.82, 2.24) is 0 Å². The standard InChI is InChI=1S/C16H11F3O2/c1-2-10-7-14-15(21-9-20-14)8-13(10)11-3-5-12(6-4-11)16(17,18)19/h2-8H,1,9H2. The van der Waals surface area contributed by atoms with Crippen LogP contribution in [0.15, 0.2) is 43.0 Å². The van der Waals surface area contributed by atoms with E-state index in [2.05, 4.69) is 6.58 Å². The average Bonchev–Trinajstić information content (AvgIpc) is 2.92. The van der Waals surface area contributed by atoms with Gasteiger partial charge in [0.05, 0.1) is 5.56 Å². The number of fused-ring (bicyclic) bond motifs is 1. The maximum Gasteiger partial charge on any atom is 0.416 e. The fraction of sp³-hybridized carbons (Fsp3) is 0.125. The zero-order chi connectivity index (χ0) is 15.0. The van der Waals surface area contributed by atoms with E-state index >= 15 is 0 Å². The molecule has 21 heavy (non-hydrogen) atoms. The van der Waals surface area contributed by atoms with Gasteiger partial charge in [0.2, 0.25) is 6.79 Å². The van der Waals surface area contributed by atoms with Crippen LogP contribution in [0.4, 0.5) is 13.2 Å². The largest absolute Gasteiger partial charge is 0.454 e. The van der Waals surface area contributed by atoms with E-state index in [-0.39, 0.29) is 6.79 Å². The molecular formula is C16H11F3O2. The molecule has 2 aromatic rings. The number of alkyl halides is 3. The van der Waals surface area contributed by atoms with Crippen LogP contribution in [0, 0.1) is 0 Å². The summed E-state index contributed by atoms with van der Waals surface area (Å²) in [6.45, 7) is 3.86. The van der Waals surface area contributed by atoms with Crippen molar-refractivity contribution in [2.75, 3.05) is 6.79 Å². The molecule has 0 atom stereocenters. The maximum atomic E-state index is 12.6. The second-order valence-electron chi connectivity index (χ2n) is 4.57. The lowest BCUT2D eigenvalue weighted by atomic mass is 9.98. The second kappa shape index (κ2) is 4.84. The lowest BCUT2D eigenvalue weighted by Crippen LogP contribution is -2.04. The van der Waals surface area contributed by atoms with Gasteiger partial charge in [-0.3, -0.25) is 0 Å². The Bertz CT molecular complexity index is 688. The molecule has 1 aliphatic rings. The molecule has 5 heteroatoms. The van der Waals surface area contributed by atoms with Crippen molar-refractivity contribution in [1.29, 1.82) is 0 Å². The van der Waals surface area contributed by atoms with Crippen molar-refractivity contribution in [3.8, 4) is 22.6 Å². The molecule has 0 amide bonds. The molecule has 0 aromatic heterocycles. The van der Waals surface area contributed by atoms with Crippen LogP contribution in [0.5, 0.6) is 11.5 Å². The van der Waals surface area contributed by atoms with E-state index in [1.807, 2.05) is 0 Å². The smallest absolute Gasteiger partial charge is 0.416 e. The number of hydrogen-bond donors (Lipinski definition) is 0. The van der Waals surface area contributed by atoms with Gasteiger partial charge in [0.1, 0.15) is 0 Å². The topological polar surface area (TPSA) is 18.5 Å². The van der Waals surface area contributed by atoms with E-state index in [0.29, 0.717) is 17.1 Å². The third-order valence-electron chi connectivity index (χ3n) is 3.29. The van der Waals surface area contributed by atoms with Crippen LogP contribution in [-0.2, 0) is 6.18 Å². The highest BCUT2D eigenvalue weighted by molar-refractivity contribution is 5.78. The van der Waals surface area contributed by atoms with Crippen LogP contribution in [0.1, 0.15) is 11.1 Å². The minimum absolute atomic E-state index is 0.141. The number of halogens is 3. The quantitative estimate of drug-likeness (QED) is 0.795. The highest BCUT2D eigenvalue weighted by atomic mass is 19.4. The molecule has 0 N–H and O–H groups in total. The molecule has 2 nitrogen and oxygen atoms in total. The van der Waals surface area contributed by atoms with Gasteiger partial charge in [-0.1, -0.05) is 24.8 Å². The van der Waals surface area contributed by atoms with Crippen molar-refractivity contribution in [3.63, 3.8) is 0 Å². The summed E-state index contributed by atoms with van der Waals surface area (Å²) in [5, 5.41) is 0. The Morgan fingerprint density at radius 3 is 2.19 bits per heavy atom. The van der Waals surface area contributed by atoms with Crippen molar-refractivity contribution < 1.29 is 22.6 Å². The first-order chi connectivity index (χ1) is 9.99. The van der Waals surface area contributed by atoms with Crippen molar-refractivity contribution in [2.24, 2.45) is 0 Å². The van der Waals surface area contributed by atoms with Crippen LogP contribution in [0.3, 0.4) is 0 Å². The van der Waals surface area contributed by atoms with E-state index < -0.39 is 11.7 Å². The van der Waals surface area contributed by atoms with Gasteiger partial charge in [0, 0.05) is 0 Å². The minimum atomic E-state index is -4.34. The van der Waals surface area contributed by atoms with Gasteiger partial charge < -0.3 is 9.47 Å². The summed E-state index contributed by atoms with van der Waals surface area (Å²) in [5.74, 6) is 1.19. The predicted octanol–water partition coefficient (Wildman–Crippen LogP) is 4.74. The Balaban J connectivity index is 2.06. The zero-order valence-electron chi connectivity index (χ0n) is 10.9.